The second-order valence-corrected chi connectivity index (χ2v) is 8.70. The Balaban J connectivity index is 1.59. The van der Waals surface area contributed by atoms with E-state index < -0.39 is 0 Å². The van der Waals surface area contributed by atoms with Gasteiger partial charge in [0.15, 0.2) is 5.16 Å². The highest BCUT2D eigenvalue weighted by Crippen LogP contribution is 2.25. The molecule has 1 aromatic heterocycles. The van der Waals surface area contributed by atoms with Gasteiger partial charge in [-0.25, -0.2) is 0 Å². The summed E-state index contributed by atoms with van der Waals surface area (Å²) in [5.41, 5.74) is 1.19. The van der Waals surface area contributed by atoms with Crippen LogP contribution in [-0.4, -0.2) is 38.9 Å². The molecule has 0 fully saturated rings. The van der Waals surface area contributed by atoms with E-state index in [-0.39, 0.29) is 24.0 Å². The fraction of sp³-hybridized carbons (Fsp3) is 0.217. The van der Waals surface area contributed by atoms with Crippen LogP contribution in [0.3, 0.4) is 0 Å². The van der Waals surface area contributed by atoms with E-state index in [9.17, 15) is 9.59 Å². The molecule has 2 amide bonds. The lowest BCUT2D eigenvalue weighted by Crippen LogP contribution is -2.18. The Labute approximate surface area is 211 Å². The number of anilines is 2. The first kappa shape index (κ1) is 25.6. The molecule has 0 spiro atoms. The van der Waals surface area contributed by atoms with Crippen LogP contribution in [0.15, 0.2) is 60.3 Å². The maximum atomic E-state index is 12.5. The van der Waals surface area contributed by atoms with Gasteiger partial charge in [0.1, 0.15) is 11.6 Å². The number of rotatable bonds is 11. The molecule has 178 valence electrons. The highest BCUT2D eigenvalue weighted by Gasteiger charge is 2.16. The zero-order valence-electron chi connectivity index (χ0n) is 18.4. The summed E-state index contributed by atoms with van der Waals surface area (Å²) in [5.74, 6) is 0.808. The second-order valence-electron chi connectivity index (χ2n) is 6.95. The maximum Gasteiger partial charge on any atom is 0.234 e. The standard InChI is InChI=1S/C23H23Cl2N5O3S/c1-3-11-30-20(13-21(31)26-15-5-8-17(9-6-15)33-4-2)28-29-23(30)34-14-22(32)27-16-7-10-18(24)19(25)12-16/h3,5-10,12H,1,4,11,13-14H2,2H3,(H,26,31)(H,27,32). The summed E-state index contributed by atoms with van der Waals surface area (Å²) in [7, 11) is 0. The SMILES string of the molecule is C=CCn1c(CC(=O)Nc2ccc(OCC)cc2)nnc1SCC(=O)Nc1ccc(Cl)c(Cl)c1. The summed E-state index contributed by atoms with van der Waals surface area (Å²) < 4.78 is 7.16. The Hall–Kier alpha value is -3.01. The summed E-state index contributed by atoms with van der Waals surface area (Å²) in [6, 6.07) is 12.0. The third-order valence-electron chi connectivity index (χ3n) is 4.41. The number of allylic oxidation sites excluding steroid dienone is 1. The lowest BCUT2D eigenvalue weighted by Gasteiger charge is -2.09. The fourth-order valence-electron chi connectivity index (χ4n) is 2.92. The van der Waals surface area contributed by atoms with E-state index in [4.69, 9.17) is 27.9 Å². The number of hydrogen-bond donors (Lipinski definition) is 2. The molecule has 11 heteroatoms. The van der Waals surface area contributed by atoms with Gasteiger partial charge in [-0.15, -0.1) is 16.8 Å². The van der Waals surface area contributed by atoms with Crippen molar-refractivity contribution in [3.8, 4) is 5.75 Å². The minimum Gasteiger partial charge on any atom is -0.494 e. The van der Waals surface area contributed by atoms with Gasteiger partial charge in [-0.3, -0.25) is 9.59 Å². The van der Waals surface area contributed by atoms with Crippen molar-refractivity contribution in [3.05, 3.63) is 71.0 Å². The van der Waals surface area contributed by atoms with Crippen molar-refractivity contribution in [2.75, 3.05) is 23.0 Å². The summed E-state index contributed by atoms with van der Waals surface area (Å²) in [6.07, 6.45) is 1.70. The molecular weight excluding hydrogens is 497 g/mol. The number of carbonyl (C=O) groups excluding carboxylic acids is 2. The van der Waals surface area contributed by atoms with Crippen molar-refractivity contribution in [1.82, 2.24) is 14.8 Å². The predicted octanol–water partition coefficient (Wildman–Crippen LogP) is 5.08. The van der Waals surface area contributed by atoms with Gasteiger partial charge in [-0.05, 0) is 49.4 Å². The van der Waals surface area contributed by atoms with Crippen LogP contribution in [0.4, 0.5) is 11.4 Å². The number of nitrogens with one attached hydrogen (secondary N) is 2. The van der Waals surface area contributed by atoms with Gasteiger partial charge in [0.2, 0.25) is 11.8 Å². The van der Waals surface area contributed by atoms with E-state index >= 15 is 0 Å². The lowest BCUT2D eigenvalue weighted by atomic mass is 10.3. The summed E-state index contributed by atoms with van der Waals surface area (Å²) in [5, 5.41) is 15.1. The Morgan fingerprint density at radius 3 is 2.44 bits per heavy atom. The molecule has 0 aliphatic rings. The Morgan fingerprint density at radius 1 is 1.06 bits per heavy atom. The number of thioether (sulfide) groups is 1. The molecule has 0 atom stereocenters. The van der Waals surface area contributed by atoms with E-state index in [1.165, 1.54) is 11.8 Å². The first-order valence-electron chi connectivity index (χ1n) is 10.3. The first-order chi connectivity index (χ1) is 16.4. The third kappa shape index (κ3) is 7.24. The normalized spacial score (nSPS) is 10.6. The van der Waals surface area contributed by atoms with Crippen LogP contribution >= 0.6 is 35.0 Å². The van der Waals surface area contributed by atoms with Crippen LogP contribution < -0.4 is 15.4 Å². The van der Waals surface area contributed by atoms with Gasteiger partial charge in [0.05, 0.1) is 28.8 Å². The molecule has 3 rings (SSSR count). The molecule has 0 bridgehead atoms. The quantitative estimate of drug-likeness (QED) is 0.270. The van der Waals surface area contributed by atoms with Crippen molar-refractivity contribution in [3.63, 3.8) is 0 Å². The largest absolute Gasteiger partial charge is 0.494 e. The van der Waals surface area contributed by atoms with Crippen LogP contribution in [0.5, 0.6) is 5.75 Å². The molecule has 0 aliphatic heterocycles. The molecule has 2 aromatic carbocycles. The van der Waals surface area contributed by atoms with Crippen LogP contribution in [0.1, 0.15) is 12.7 Å². The van der Waals surface area contributed by atoms with Crippen LogP contribution in [-0.2, 0) is 22.6 Å². The molecule has 0 aliphatic carbocycles. The van der Waals surface area contributed by atoms with Gasteiger partial charge >= 0.3 is 0 Å². The summed E-state index contributed by atoms with van der Waals surface area (Å²) in [6.45, 7) is 6.63. The monoisotopic (exact) mass is 519 g/mol. The molecule has 1 heterocycles. The number of carbonyl (C=O) groups is 2. The number of ether oxygens (including phenoxy) is 1. The zero-order valence-corrected chi connectivity index (χ0v) is 20.7. The number of amides is 2. The van der Waals surface area contributed by atoms with E-state index in [0.29, 0.717) is 45.6 Å². The van der Waals surface area contributed by atoms with Crippen molar-refractivity contribution in [2.24, 2.45) is 0 Å². The molecule has 8 nitrogen and oxygen atoms in total. The Bertz CT molecular complexity index is 1170. The van der Waals surface area contributed by atoms with Crippen LogP contribution in [0.2, 0.25) is 10.0 Å². The average molecular weight is 520 g/mol. The molecular formula is C23H23Cl2N5O3S. The van der Waals surface area contributed by atoms with Crippen molar-refractivity contribution in [1.29, 1.82) is 0 Å². The van der Waals surface area contributed by atoms with Gasteiger partial charge in [-0.1, -0.05) is 41.0 Å². The molecule has 3 aromatic rings. The molecule has 2 N–H and O–H groups in total. The van der Waals surface area contributed by atoms with E-state index in [1.807, 2.05) is 6.92 Å². The van der Waals surface area contributed by atoms with Gasteiger partial charge < -0.3 is 19.9 Å². The van der Waals surface area contributed by atoms with Gasteiger partial charge in [0, 0.05) is 17.9 Å². The van der Waals surface area contributed by atoms with E-state index in [1.54, 1.807) is 53.1 Å². The van der Waals surface area contributed by atoms with Crippen molar-refractivity contribution >= 4 is 58.2 Å². The predicted molar refractivity (Wildman–Crippen MR) is 136 cm³/mol. The Kier molecular flexibility index (Phi) is 9.38. The molecule has 0 saturated carbocycles. The number of nitrogens with zero attached hydrogens (tertiary/aromatic N) is 3. The molecule has 34 heavy (non-hydrogen) atoms. The molecule has 0 unspecified atom stereocenters. The first-order valence-corrected chi connectivity index (χ1v) is 12.1. The third-order valence-corrected chi connectivity index (χ3v) is 6.11. The topological polar surface area (TPSA) is 98.1 Å². The lowest BCUT2D eigenvalue weighted by molar-refractivity contribution is -0.116. The number of benzene rings is 2. The minimum absolute atomic E-state index is 0.0179. The average Bonchev–Trinajstić information content (AvgIpc) is 3.17. The number of aromatic nitrogens is 3. The van der Waals surface area contributed by atoms with Gasteiger partial charge in [0.25, 0.3) is 0 Å². The molecule has 0 radical (unpaired) electrons. The highest BCUT2D eigenvalue weighted by atomic mass is 35.5. The number of hydrogen-bond acceptors (Lipinski definition) is 6. The van der Waals surface area contributed by atoms with E-state index in [0.717, 1.165) is 5.75 Å². The van der Waals surface area contributed by atoms with E-state index in [2.05, 4.69) is 27.4 Å². The summed E-state index contributed by atoms with van der Waals surface area (Å²) >= 11 is 13.1. The number of halogens is 2. The molecule has 0 saturated heterocycles. The summed E-state index contributed by atoms with van der Waals surface area (Å²) in [4.78, 5) is 24.9. The van der Waals surface area contributed by atoms with Crippen LogP contribution in [0, 0.1) is 0 Å². The smallest absolute Gasteiger partial charge is 0.234 e. The van der Waals surface area contributed by atoms with Crippen molar-refractivity contribution in [2.45, 2.75) is 25.0 Å². The van der Waals surface area contributed by atoms with Crippen molar-refractivity contribution < 1.29 is 14.3 Å². The van der Waals surface area contributed by atoms with Gasteiger partial charge in [-0.2, -0.15) is 0 Å². The Morgan fingerprint density at radius 2 is 1.76 bits per heavy atom. The maximum absolute atomic E-state index is 12.5. The minimum atomic E-state index is -0.244. The fourth-order valence-corrected chi connectivity index (χ4v) is 3.98. The van der Waals surface area contributed by atoms with Crippen LogP contribution in [0.25, 0.3) is 0 Å². The second kappa shape index (κ2) is 12.5. The zero-order chi connectivity index (χ0) is 24.5. The highest BCUT2D eigenvalue weighted by molar-refractivity contribution is 7.99.